The zero-order chi connectivity index (χ0) is 13.0. The molecule has 0 saturated heterocycles. The molecule has 2 N–H and O–H groups in total. The van der Waals surface area contributed by atoms with E-state index in [0.717, 1.165) is 18.4 Å². The molecule has 1 saturated carbocycles. The zero-order valence-electron chi connectivity index (χ0n) is 11.3. The smallest absolute Gasteiger partial charge is 0.223 e. The minimum atomic E-state index is 0.203. The number of carbonyl (C=O) groups excluding carboxylic acids is 1. The van der Waals surface area contributed by atoms with Gasteiger partial charge in [0, 0.05) is 24.2 Å². The van der Waals surface area contributed by atoms with Gasteiger partial charge in [-0.15, -0.1) is 0 Å². The summed E-state index contributed by atoms with van der Waals surface area (Å²) in [6, 6.07) is 0. The van der Waals surface area contributed by atoms with Crippen LogP contribution in [0.2, 0.25) is 0 Å². The molecule has 1 fully saturated rings. The number of hydrogen-bond donors (Lipinski definition) is 2. The first-order valence-corrected chi connectivity index (χ1v) is 6.88. The Kier molecular flexibility index (Phi) is 4.04. The fraction of sp³-hybridized carbons (Fsp3) is 0.714. The van der Waals surface area contributed by atoms with Crippen molar-refractivity contribution in [1.82, 2.24) is 15.5 Å². The van der Waals surface area contributed by atoms with E-state index in [1.165, 1.54) is 19.3 Å². The third-order valence-corrected chi connectivity index (χ3v) is 4.44. The summed E-state index contributed by atoms with van der Waals surface area (Å²) in [5.74, 6) is 0.408. The molecule has 1 amide bonds. The van der Waals surface area contributed by atoms with E-state index in [1.54, 1.807) is 6.20 Å². The number of hydrogen-bond acceptors (Lipinski definition) is 2. The van der Waals surface area contributed by atoms with Crippen LogP contribution < -0.4 is 5.32 Å². The number of nitrogens with zero attached hydrogens (tertiary/aromatic N) is 1. The van der Waals surface area contributed by atoms with Crippen LogP contribution in [0.3, 0.4) is 0 Å². The average Bonchev–Trinajstić information content (AvgIpc) is 2.90. The Hall–Kier alpha value is -1.32. The highest BCUT2D eigenvalue weighted by Crippen LogP contribution is 2.40. The summed E-state index contributed by atoms with van der Waals surface area (Å²) >= 11 is 0. The minimum Gasteiger partial charge on any atom is -0.352 e. The first kappa shape index (κ1) is 13.1. The number of nitrogens with one attached hydrogen (secondary N) is 2. The monoisotopic (exact) mass is 249 g/mol. The van der Waals surface area contributed by atoms with Crippen LogP contribution in [0.1, 0.15) is 51.5 Å². The van der Waals surface area contributed by atoms with Crippen LogP contribution in [0.15, 0.2) is 12.4 Å². The molecule has 1 aromatic rings. The van der Waals surface area contributed by atoms with Crippen molar-refractivity contribution in [3.05, 3.63) is 18.0 Å². The number of aromatic amines is 1. The standard InChI is InChI=1S/C14H23N3O/c1-3-14(2)6-4-12(5-7-14)13(18)15-8-11-9-16-17-10-11/h9-10,12H,3-8H2,1-2H3,(H,15,18)(H,16,17). The van der Waals surface area contributed by atoms with Gasteiger partial charge in [-0.3, -0.25) is 9.89 Å². The first-order chi connectivity index (χ1) is 8.63. The molecule has 0 aliphatic heterocycles. The van der Waals surface area contributed by atoms with Crippen molar-refractivity contribution in [3.8, 4) is 0 Å². The molecule has 1 aliphatic carbocycles. The Morgan fingerprint density at radius 1 is 1.56 bits per heavy atom. The van der Waals surface area contributed by atoms with Gasteiger partial charge in [0.25, 0.3) is 0 Å². The maximum atomic E-state index is 12.1. The molecule has 1 aromatic heterocycles. The lowest BCUT2D eigenvalue weighted by Crippen LogP contribution is -2.35. The van der Waals surface area contributed by atoms with E-state index >= 15 is 0 Å². The van der Waals surface area contributed by atoms with Gasteiger partial charge in [0.1, 0.15) is 0 Å². The van der Waals surface area contributed by atoms with Gasteiger partial charge in [-0.2, -0.15) is 5.10 Å². The predicted molar refractivity (Wildman–Crippen MR) is 70.8 cm³/mol. The highest BCUT2D eigenvalue weighted by atomic mass is 16.1. The van der Waals surface area contributed by atoms with E-state index in [2.05, 4.69) is 29.4 Å². The summed E-state index contributed by atoms with van der Waals surface area (Å²) in [6.07, 6.45) is 9.19. The summed E-state index contributed by atoms with van der Waals surface area (Å²) in [5.41, 5.74) is 1.49. The van der Waals surface area contributed by atoms with Gasteiger partial charge >= 0.3 is 0 Å². The number of aromatic nitrogens is 2. The normalized spacial score (nSPS) is 28.0. The van der Waals surface area contributed by atoms with Crippen molar-refractivity contribution >= 4 is 5.91 Å². The van der Waals surface area contributed by atoms with Crippen molar-refractivity contribution in [2.45, 2.75) is 52.5 Å². The van der Waals surface area contributed by atoms with E-state index in [4.69, 9.17) is 0 Å². The van der Waals surface area contributed by atoms with Crippen molar-refractivity contribution in [1.29, 1.82) is 0 Å². The topological polar surface area (TPSA) is 57.8 Å². The molecular formula is C14H23N3O. The highest BCUT2D eigenvalue weighted by Gasteiger charge is 2.32. The molecular weight excluding hydrogens is 226 g/mol. The lowest BCUT2D eigenvalue weighted by atomic mass is 9.70. The van der Waals surface area contributed by atoms with Crippen LogP contribution >= 0.6 is 0 Å². The van der Waals surface area contributed by atoms with Gasteiger partial charge in [0.15, 0.2) is 0 Å². The molecule has 1 aliphatic rings. The highest BCUT2D eigenvalue weighted by molar-refractivity contribution is 5.78. The Bertz CT molecular complexity index is 378. The minimum absolute atomic E-state index is 0.203. The second-order valence-electron chi connectivity index (χ2n) is 5.76. The Labute approximate surface area is 109 Å². The Morgan fingerprint density at radius 2 is 2.28 bits per heavy atom. The molecule has 1 heterocycles. The molecule has 0 atom stereocenters. The van der Waals surface area contributed by atoms with Crippen molar-refractivity contribution in [2.24, 2.45) is 11.3 Å². The van der Waals surface area contributed by atoms with E-state index in [-0.39, 0.29) is 11.8 Å². The molecule has 100 valence electrons. The molecule has 18 heavy (non-hydrogen) atoms. The van der Waals surface area contributed by atoms with E-state index in [1.807, 2.05) is 6.20 Å². The predicted octanol–water partition coefficient (Wildman–Crippen LogP) is 2.63. The largest absolute Gasteiger partial charge is 0.352 e. The van der Waals surface area contributed by atoms with Crippen LogP contribution in [0.4, 0.5) is 0 Å². The molecule has 0 aromatic carbocycles. The summed E-state index contributed by atoms with van der Waals surface area (Å²) in [5, 5.41) is 9.62. The number of H-pyrrole nitrogens is 1. The van der Waals surface area contributed by atoms with Crippen LogP contribution in [0.25, 0.3) is 0 Å². The second-order valence-corrected chi connectivity index (χ2v) is 5.76. The first-order valence-electron chi connectivity index (χ1n) is 6.88. The van der Waals surface area contributed by atoms with E-state index in [9.17, 15) is 4.79 Å². The van der Waals surface area contributed by atoms with Gasteiger partial charge in [0.2, 0.25) is 5.91 Å². The lowest BCUT2D eigenvalue weighted by molar-refractivity contribution is -0.126. The summed E-state index contributed by atoms with van der Waals surface area (Å²) < 4.78 is 0. The van der Waals surface area contributed by atoms with Gasteiger partial charge in [-0.25, -0.2) is 0 Å². The summed E-state index contributed by atoms with van der Waals surface area (Å²) in [7, 11) is 0. The fourth-order valence-electron chi connectivity index (χ4n) is 2.64. The number of rotatable bonds is 4. The van der Waals surface area contributed by atoms with Crippen LogP contribution in [-0.2, 0) is 11.3 Å². The van der Waals surface area contributed by atoms with Crippen molar-refractivity contribution < 1.29 is 4.79 Å². The van der Waals surface area contributed by atoms with Crippen molar-refractivity contribution in [3.63, 3.8) is 0 Å². The van der Waals surface area contributed by atoms with Gasteiger partial charge in [-0.05, 0) is 31.1 Å². The lowest BCUT2D eigenvalue weighted by Gasteiger charge is -2.36. The quantitative estimate of drug-likeness (QED) is 0.861. The SMILES string of the molecule is CCC1(C)CCC(C(=O)NCc2cn[nH]c2)CC1. The number of amides is 1. The molecule has 0 spiro atoms. The van der Waals surface area contributed by atoms with Crippen LogP contribution in [0, 0.1) is 11.3 Å². The van der Waals surface area contributed by atoms with Crippen molar-refractivity contribution in [2.75, 3.05) is 0 Å². The van der Waals surface area contributed by atoms with Gasteiger partial charge in [-0.1, -0.05) is 20.3 Å². The Morgan fingerprint density at radius 3 is 2.83 bits per heavy atom. The third-order valence-electron chi connectivity index (χ3n) is 4.44. The van der Waals surface area contributed by atoms with Gasteiger partial charge in [0.05, 0.1) is 6.20 Å². The second kappa shape index (κ2) is 5.55. The van der Waals surface area contributed by atoms with Crippen LogP contribution in [-0.4, -0.2) is 16.1 Å². The average molecular weight is 249 g/mol. The third kappa shape index (κ3) is 3.12. The maximum Gasteiger partial charge on any atom is 0.223 e. The van der Waals surface area contributed by atoms with E-state index < -0.39 is 0 Å². The van der Waals surface area contributed by atoms with Gasteiger partial charge < -0.3 is 5.32 Å². The zero-order valence-corrected chi connectivity index (χ0v) is 11.3. The number of carbonyl (C=O) groups is 1. The molecule has 0 radical (unpaired) electrons. The summed E-state index contributed by atoms with van der Waals surface area (Å²) in [4.78, 5) is 12.1. The fourth-order valence-corrected chi connectivity index (χ4v) is 2.64. The molecule has 0 bridgehead atoms. The molecule has 4 heteroatoms. The molecule has 2 rings (SSSR count). The Balaban J connectivity index is 1.77. The molecule has 4 nitrogen and oxygen atoms in total. The van der Waals surface area contributed by atoms with Crippen LogP contribution in [0.5, 0.6) is 0 Å². The van der Waals surface area contributed by atoms with E-state index in [0.29, 0.717) is 12.0 Å². The maximum absolute atomic E-state index is 12.1. The summed E-state index contributed by atoms with van der Waals surface area (Å²) in [6.45, 7) is 5.17. The molecule has 0 unspecified atom stereocenters.